The van der Waals surface area contributed by atoms with Crippen LogP contribution >= 0.6 is 0 Å². The summed E-state index contributed by atoms with van der Waals surface area (Å²) < 4.78 is 3.86. The van der Waals surface area contributed by atoms with Crippen LogP contribution in [0.1, 0.15) is 60.4 Å². The number of Topliss-reactive ketones (excluding diaryl/α,β-unsaturated/α-hetero) is 1. The molecule has 0 fully saturated rings. The summed E-state index contributed by atoms with van der Waals surface area (Å²) in [7, 11) is 0. The number of nitrogens with zero attached hydrogens (tertiary/aromatic N) is 4. The second-order valence-electron chi connectivity index (χ2n) is 9.69. The maximum atomic E-state index is 13.5. The number of amides is 1. The number of ketones is 1. The summed E-state index contributed by atoms with van der Waals surface area (Å²) in [6.07, 6.45) is 0.769. The van der Waals surface area contributed by atoms with Gasteiger partial charge in [-0.3, -0.25) is 19.0 Å². The van der Waals surface area contributed by atoms with Gasteiger partial charge in [-0.2, -0.15) is 0 Å². The summed E-state index contributed by atoms with van der Waals surface area (Å²) in [6, 6.07) is 11.8. The smallest absolute Gasteiger partial charge is 0.350 e. The molecule has 9 heteroatoms. The van der Waals surface area contributed by atoms with E-state index in [0.717, 1.165) is 16.7 Å². The molecule has 4 rings (SSSR count). The van der Waals surface area contributed by atoms with Gasteiger partial charge in [0, 0.05) is 23.7 Å². The summed E-state index contributed by atoms with van der Waals surface area (Å²) in [5.74, 6) is -0.307. The van der Waals surface area contributed by atoms with Crippen molar-refractivity contribution in [2.75, 3.05) is 0 Å². The lowest BCUT2D eigenvalue weighted by Crippen LogP contribution is -2.32. The Labute approximate surface area is 208 Å². The van der Waals surface area contributed by atoms with Gasteiger partial charge in [-0.25, -0.2) is 13.9 Å². The van der Waals surface area contributed by atoms with Gasteiger partial charge in [0.15, 0.2) is 5.78 Å². The van der Waals surface area contributed by atoms with Gasteiger partial charge >= 0.3 is 5.69 Å². The van der Waals surface area contributed by atoms with Crippen molar-refractivity contribution in [2.45, 2.75) is 60.2 Å². The Morgan fingerprint density at radius 1 is 1.00 bits per heavy atom. The lowest BCUT2D eigenvalue weighted by molar-refractivity contribution is 0.0937. The molecule has 0 spiro atoms. The van der Waals surface area contributed by atoms with E-state index in [1.165, 1.54) is 15.0 Å². The first-order valence-corrected chi connectivity index (χ1v) is 12.2. The minimum atomic E-state index is -0.549. The fourth-order valence-electron chi connectivity index (χ4n) is 4.07. The molecule has 1 unspecified atom stereocenters. The lowest BCUT2D eigenvalue weighted by atomic mass is 10.1. The SMILES string of the molecule is CCC(C)NC(=O)c1ccc2c(=O)n(CC(C)C)c3nn(CC(=O)c4ccc(C)cc4)c(=O)n3c2c1. The standard InChI is InChI=1S/C27H31N5O4/c1-6-18(5)28-24(34)20-11-12-21-22(13-20)32-26(30(25(21)35)14-16(2)3)29-31(27(32)36)15-23(33)19-9-7-17(4)8-10-19/h7-13,16,18H,6,14-15H2,1-5H3,(H,28,34). The van der Waals surface area contributed by atoms with Gasteiger partial charge in [0.2, 0.25) is 5.78 Å². The van der Waals surface area contributed by atoms with Crippen LogP contribution in [0.4, 0.5) is 0 Å². The van der Waals surface area contributed by atoms with E-state index in [0.29, 0.717) is 23.1 Å². The fourth-order valence-corrected chi connectivity index (χ4v) is 4.07. The number of hydrogen-bond acceptors (Lipinski definition) is 5. The van der Waals surface area contributed by atoms with Crippen molar-refractivity contribution in [2.24, 2.45) is 5.92 Å². The Hall–Kier alpha value is -4.01. The number of aryl methyl sites for hydroxylation is 1. The van der Waals surface area contributed by atoms with Crippen molar-refractivity contribution < 1.29 is 9.59 Å². The number of benzene rings is 2. The molecular formula is C27H31N5O4. The summed E-state index contributed by atoms with van der Waals surface area (Å²) in [4.78, 5) is 52.6. The van der Waals surface area contributed by atoms with Gasteiger partial charge in [-0.1, -0.05) is 50.6 Å². The maximum absolute atomic E-state index is 13.5. The van der Waals surface area contributed by atoms with Crippen molar-refractivity contribution in [3.63, 3.8) is 0 Å². The van der Waals surface area contributed by atoms with Gasteiger partial charge < -0.3 is 5.32 Å². The molecule has 2 aromatic carbocycles. The van der Waals surface area contributed by atoms with Crippen molar-refractivity contribution in [1.29, 1.82) is 0 Å². The molecule has 1 N–H and O–H groups in total. The molecule has 0 saturated heterocycles. The number of aromatic nitrogens is 4. The average Bonchev–Trinajstić information content (AvgIpc) is 3.17. The van der Waals surface area contributed by atoms with E-state index in [2.05, 4.69) is 10.4 Å². The van der Waals surface area contributed by atoms with Crippen molar-refractivity contribution >= 4 is 28.4 Å². The normalized spacial score (nSPS) is 12.4. The van der Waals surface area contributed by atoms with Crippen LogP contribution in [0, 0.1) is 12.8 Å². The van der Waals surface area contributed by atoms with E-state index in [4.69, 9.17) is 0 Å². The molecule has 1 amide bonds. The van der Waals surface area contributed by atoms with Crippen LogP contribution in [0.25, 0.3) is 16.7 Å². The number of hydrogen-bond donors (Lipinski definition) is 1. The molecule has 36 heavy (non-hydrogen) atoms. The second-order valence-corrected chi connectivity index (χ2v) is 9.69. The second kappa shape index (κ2) is 9.93. The highest BCUT2D eigenvalue weighted by atomic mass is 16.2. The summed E-state index contributed by atoms with van der Waals surface area (Å²) in [5, 5.41) is 7.61. The first kappa shape index (κ1) is 25.1. The minimum absolute atomic E-state index is 0.0227. The van der Waals surface area contributed by atoms with Crippen molar-refractivity contribution in [1.82, 2.24) is 24.1 Å². The van der Waals surface area contributed by atoms with Crippen LogP contribution in [0.3, 0.4) is 0 Å². The molecule has 0 aliphatic heterocycles. The molecule has 2 heterocycles. The van der Waals surface area contributed by atoms with Crippen LogP contribution in [0.2, 0.25) is 0 Å². The third-order valence-corrected chi connectivity index (χ3v) is 6.24. The predicted octanol–water partition coefficient (Wildman–Crippen LogP) is 3.19. The number of rotatable bonds is 8. The van der Waals surface area contributed by atoms with Crippen LogP contribution < -0.4 is 16.6 Å². The van der Waals surface area contributed by atoms with E-state index in [-0.39, 0.29) is 47.0 Å². The highest BCUT2D eigenvalue weighted by Gasteiger charge is 2.21. The summed E-state index contributed by atoms with van der Waals surface area (Å²) in [5.41, 5.74) is 1.26. The minimum Gasteiger partial charge on any atom is -0.350 e. The first-order valence-electron chi connectivity index (χ1n) is 12.2. The van der Waals surface area contributed by atoms with Gasteiger partial charge in [0.05, 0.1) is 10.9 Å². The van der Waals surface area contributed by atoms with E-state index in [9.17, 15) is 19.2 Å². The first-order chi connectivity index (χ1) is 17.1. The summed E-state index contributed by atoms with van der Waals surface area (Å²) >= 11 is 0. The Kier molecular flexibility index (Phi) is 6.92. The van der Waals surface area contributed by atoms with Gasteiger partial charge in [-0.05, 0) is 44.4 Å². The molecule has 2 aromatic heterocycles. The van der Waals surface area contributed by atoms with Crippen molar-refractivity contribution in [3.05, 3.63) is 80.0 Å². The van der Waals surface area contributed by atoms with Gasteiger partial charge in [-0.15, -0.1) is 5.10 Å². The Morgan fingerprint density at radius 3 is 2.31 bits per heavy atom. The molecule has 0 aliphatic rings. The predicted molar refractivity (Wildman–Crippen MR) is 139 cm³/mol. The van der Waals surface area contributed by atoms with Crippen LogP contribution in [0.15, 0.2) is 52.1 Å². The molecule has 4 aromatic rings. The van der Waals surface area contributed by atoms with Crippen molar-refractivity contribution in [3.8, 4) is 0 Å². The molecule has 0 radical (unpaired) electrons. The highest BCUT2D eigenvalue weighted by molar-refractivity contribution is 5.98. The average molecular weight is 490 g/mol. The summed E-state index contributed by atoms with van der Waals surface area (Å²) in [6.45, 7) is 9.81. The van der Waals surface area contributed by atoms with E-state index < -0.39 is 5.69 Å². The quantitative estimate of drug-likeness (QED) is 0.383. The number of fused-ring (bicyclic) bond motifs is 3. The Balaban J connectivity index is 1.90. The zero-order valence-corrected chi connectivity index (χ0v) is 21.2. The molecule has 0 bridgehead atoms. The van der Waals surface area contributed by atoms with Gasteiger partial charge in [0.25, 0.3) is 11.5 Å². The van der Waals surface area contributed by atoms with E-state index in [1.54, 1.807) is 24.3 Å². The van der Waals surface area contributed by atoms with Crippen LogP contribution in [-0.2, 0) is 13.1 Å². The molecule has 188 valence electrons. The zero-order chi connectivity index (χ0) is 26.1. The van der Waals surface area contributed by atoms with Crippen LogP contribution in [0.5, 0.6) is 0 Å². The molecular weight excluding hydrogens is 458 g/mol. The highest BCUT2D eigenvalue weighted by Crippen LogP contribution is 2.16. The third kappa shape index (κ3) is 4.73. The van der Waals surface area contributed by atoms with Crippen LogP contribution in [-0.4, -0.2) is 36.5 Å². The van der Waals surface area contributed by atoms with E-state index >= 15 is 0 Å². The lowest BCUT2D eigenvalue weighted by Gasteiger charge is -2.14. The molecule has 1 atom stereocenters. The monoisotopic (exact) mass is 489 g/mol. The topological polar surface area (TPSA) is 107 Å². The number of carbonyl (C=O) groups is 2. The van der Waals surface area contributed by atoms with E-state index in [1.807, 2.05) is 46.8 Å². The largest absolute Gasteiger partial charge is 0.352 e. The maximum Gasteiger partial charge on any atom is 0.352 e. The number of carbonyl (C=O) groups excluding carboxylic acids is 2. The fraction of sp³-hybridized carbons (Fsp3) is 0.370. The Bertz CT molecular complexity index is 1570. The zero-order valence-electron chi connectivity index (χ0n) is 21.2. The van der Waals surface area contributed by atoms with Gasteiger partial charge in [0.1, 0.15) is 6.54 Å². The molecule has 9 nitrogen and oxygen atoms in total. The molecule has 0 saturated carbocycles. The third-order valence-electron chi connectivity index (χ3n) is 6.24. The number of nitrogens with one attached hydrogen (secondary N) is 1. The Morgan fingerprint density at radius 2 is 1.67 bits per heavy atom. The molecule has 0 aliphatic carbocycles.